The molecule has 4 heterocycles. The summed E-state index contributed by atoms with van der Waals surface area (Å²) < 4.78 is 13.5. The molecular weight excluding hydrogens is 634 g/mol. The lowest BCUT2D eigenvalue weighted by atomic mass is 9.91. The fourth-order valence-electron chi connectivity index (χ4n) is 6.33. The van der Waals surface area contributed by atoms with Gasteiger partial charge >= 0.3 is 0 Å². The molecule has 1 aliphatic carbocycles. The van der Waals surface area contributed by atoms with Crippen LogP contribution in [-0.2, 0) is 22.6 Å². The van der Waals surface area contributed by atoms with Gasteiger partial charge in [-0.3, -0.25) is 9.36 Å². The smallest absolute Gasteiger partial charge is 0.247 e. The molecule has 15 nitrogen and oxygen atoms in total. The molecular formula is C34H37N7O8. The van der Waals surface area contributed by atoms with Gasteiger partial charge in [-0.25, -0.2) is 15.0 Å². The number of aromatic amines is 1. The fraction of sp³-hybridized carbons (Fsp3) is 0.353. The van der Waals surface area contributed by atoms with Gasteiger partial charge in [-0.05, 0) is 41.8 Å². The lowest BCUT2D eigenvalue weighted by Crippen LogP contribution is -2.49. The number of carbonyl (C=O) groups is 1. The zero-order valence-electron chi connectivity index (χ0n) is 26.3. The van der Waals surface area contributed by atoms with Crippen LogP contribution in [0.15, 0.2) is 79.0 Å². The third kappa shape index (κ3) is 6.59. The Morgan fingerprint density at radius 3 is 2.69 bits per heavy atom. The number of anilines is 1. The molecule has 15 heteroatoms. The number of imidazole rings is 1. The van der Waals surface area contributed by atoms with Crippen LogP contribution < -0.4 is 15.4 Å². The number of hydrogen-bond acceptors (Lipinski definition) is 12. The van der Waals surface area contributed by atoms with Crippen molar-refractivity contribution in [3.8, 4) is 5.75 Å². The highest BCUT2D eigenvalue weighted by Gasteiger charge is 2.46. The SMILES string of the molecule is O=C(N[C@@H]1[C@H](O)[C@@H](CO)O[C@H]1n1cnc2c(NCCc3c[nH]c4ccc(OCc5ccccc5)cc34)ncnc21)C1=CC(O)C(O)C(O)C1. The largest absolute Gasteiger partial charge is 0.489 e. The molecule has 1 saturated heterocycles. The van der Waals surface area contributed by atoms with Crippen molar-refractivity contribution < 1.29 is 39.8 Å². The second-order valence-corrected chi connectivity index (χ2v) is 12.2. The van der Waals surface area contributed by atoms with E-state index in [9.17, 15) is 30.3 Å². The molecule has 0 bridgehead atoms. The summed E-state index contributed by atoms with van der Waals surface area (Å²) in [4.78, 5) is 29.7. The normalized spacial score (nSPS) is 25.4. The zero-order valence-corrected chi connectivity index (χ0v) is 26.3. The Balaban J connectivity index is 1.05. The van der Waals surface area contributed by atoms with E-state index in [1.807, 2.05) is 54.7 Å². The monoisotopic (exact) mass is 671 g/mol. The second kappa shape index (κ2) is 13.9. The van der Waals surface area contributed by atoms with Crippen molar-refractivity contribution in [2.45, 2.75) is 62.2 Å². The van der Waals surface area contributed by atoms with Gasteiger partial charge in [-0.2, -0.15) is 0 Å². The van der Waals surface area contributed by atoms with Gasteiger partial charge in [0.25, 0.3) is 0 Å². The molecule has 0 saturated carbocycles. The summed E-state index contributed by atoms with van der Waals surface area (Å²) in [5.74, 6) is 0.576. The minimum Gasteiger partial charge on any atom is -0.489 e. The first-order valence-electron chi connectivity index (χ1n) is 16.0. The number of aliphatic hydroxyl groups excluding tert-OH is 5. The van der Waals surface area contributed by atoms with Crippen LogP contribution in [0.1, 0.15) is 23.8 Å². The van der Waals surface area contributed by atoms with Crippen LogP contribution in [0.5, 0.6) is 5.75 Å². The number of ether oxygens (including phenoxy) is 2. The van der Waals surface area contributed by atoms with E-state index in [4.69, 9.17) is 9.47 Å². The molecule has 3 aromatic heterocycles. The highest BCUT2D eigenvalue weighted by atomic mass is 16.5. The van der Waals surface area contributed by atoms with Gasteiger partial charge in [0.15, 0.2) is 23.2 Å². The van der Waals surface area contributed by atoms with Crippen LogP contribution in [0, 0.1) is 0 Å². The number of benzene rings is 2. The number of fused-ring (bicyclic) bond motifs is 2. The second-order valence-electron chi connectivity index (χ2n) is 12.2. The Morgan fingerprint density at radius 2 is 1.90 bits per heavy atom. The summed E-state index contributed by atoms with van der Waals surface area (Å²) in [5.41, 5.74) is 4.02. The molecule has 2 aliphatic rings. The summed E-state index contributed by atoms with van der Waals surface area (Å²) in [5, 5.41) is 57.8. The Hall–Kier alpha value is -4.90. The molecule has 7 atom stereocenters. The van der Waals surface area contributed by atoms with Gasteiger partial charge in [0.2, 0.25) is 5.91 Å². The van der Waals surface area contributed by atoms with Gasteiger partial charge in [0.05, 0.1) is 19.0 Å². The Bertz CT molecular complexity index is 1960. The third-order valence-electron chi connectivity index (χ3n) is 8.99. The summed E-state index contributed by atoms with van der Waals surface area (Å²) in [6.45, 7) is 0.478. The predicted molar refractivity (Wildman–Crippen MR) is 176 cm³/mol. The van der Waals surface area contributed by atoms with Crippen molar-refractivity contribution in [3.63, 3.8) is 0 Å². The van der Waals surface area contributed by atoms with Crippen molar-refractivity contribution in [1.29, 1.82) is 0 Å². The zero-order chi connectivity index (χ0) is 34.1. The highest BCUT2D eigenvalue weighted by Crippen LogP contribution is 2.33. The van der Waals surface area contributed by atoms with E-state index in [1.54, 1.807) is 4.57 Å². The molecule has 49 heavy (non-hydrogen) atoms. The van der Waals surface area contributed by atoms with Crippen LogP contribution in [0.3, 0.4) is 0 Å². The first-order chi connectivity index (χ1) is 23.8. The average molecular weight is 672 g/mol. The van der Waals surface area contributed by atoms with Gasteiger partial charge in [-0.15, -0.1) is 0 Å². The van der Waals surface area contributed by atoms with Gasteiger partial charge in [0.1, 0.15) is 49.1 Å². The number of hydrogen-bond donors (Lipinski definition) is 8. The van der Waals surface area contributed by atoms with Crippen LogP contribution >= 0.6 is 0 Å². The topological polar surface area (TPSA) is 220 Å². The van der Waals surface area contributed by atoms with Crippen molar-refractivity contribution in [1.82, 2.24) is 29.8 Å². The lowest BCUT2D eigenvalue weighted by molar-refractivity contribution is -0.121. The van der Waals surface area contributed by atoms with Crippen LogP contribution in [0.25, 0.3) is 22.1 Å². The maximum absolute atomic E-state index is 13.2. The molecule has 7 rings (SSSR count). The van der Waals surface area contributed by atoms with E-state index in [2.05, 4.69) is 30.6 Å². The van der Waals surface area contributed by atoms with E-state index in [-0.39, 0.29) is 12.0 Å². The van der Waals surface area contributed by atoms with E-state index in [1.165, 1.54) is 18.7 Å². The highest BCUT2D eigenvalue weighted by molar-refractivity contribution is 5.94. The molecule has 1 fully saturated rings. The summed E-state index contributed by atoms with van der Waals surface area (Å²) in [6, 6.07) is 14.9. The van der Waals surface area contributed by atoms with Crippen LogP contribution in [0.2, 0.25) is 0 Å². The molecule has 8 N–H and O–H groups in total. The van der Waals surface area contributed by atoms with Crippen molar-refractivity contribution in [3.05, 3.63) is 90.2 Å². The predicted octanol–water partition coefficient (Wildman–Crippen LogP) is 0.689. The number of nitrogens with zero attached hydrogens (tertiary/aromatic N) is 4. The van der Waals surface area contributed by atoms with E-state index >= 15 is 0 Å². The Morgan fingerprint density at radius 1 is 1.06 bits per heavy atom. The van der Waals surface area contributed by atoms with Crippen LogP contribution in [0.4, 0.5) is 5.82 Å². The molecule has 2 aromatic carbocycles. The maximum atomic E-state index is 13.2. The van der Waals surface area contributed by atoms with Crippen molar-refractivity contribution in [2.24, 2.45) is 0 Å². The molecule has 3 unspecified atom stereocenters. The van der Waals surface area contributed by atoms with Gasteiger partial charge in [-0.1, -0.05) is 30.3 Å². The number of aliphatic hydroxyl groups is 5. The molecule has 1 aliphatic heterocycles. The molecule has 5 aromatic rings. The number of nitrogens with one attached hydrogen (secondary N) is 3. The Kier molecular flexibility index (Phi) is 9.27. The lowest BCUT2D eigenvalue weighted by Gasteiger charge is -2.29. The molecule has 256 valence electrons. The fourth-order valence-corrected chi connectivity index (χ4v) is 6.33. The van der Waals surface area contributed by atoms with E-state index in [0.29, 0.717) is 36.6 Å². The van der Waals surface area contributed by atoms with Crippen LogP contribution in [-0.4, -0.2) is 106 Å². The number of carbonyl (C=O) groups excluding carboxylic acids is 1. The van der Waals surface area contributed by atoms with E-state index < -0.39 is 55.3 Å². The summed E-state index contributed by atoms with van der Waals surface area (Å²) in [6.07, 6.45) is -1.08. The standard InChI is InChI=1S/C34H37N7O8/c42-14-26-30(46)27(40-33(47)20-10-24(43)29(45)25(44)11-20)34(49-26)41-17-39-28-31(37-16-38-32(28)41)35-9-8-19-13-36-23-7-6-21(12-22(19)23)48-15-18-4-2-1-3-5-18/h1-7,10,12-13,16-17,24-27,29-30,34,36,42-46H,8-9,11,14-15H2,(H,40,47)(H,35,37,38)/t24?,25?,26-,27-,29?,30-,34-/m1/s1. The number of H-pyrrole nitrogens is 1. The average Bonchev–Trinajstić information content (AvgIpc) is 3.82. The maximum Gasteiger partial charge on any atom is 0.247 e. The molecule has 0 radical (unpaired) electrons. The number of aromatic nitrogens is 5. The quantitative estimate of drug-likeness (QED) is 0.0973. The molecule has 1 amide bonds. The van der Waals surface area contributed by atoms with E-state index in [0.717, 1.165) is 27.8 Å². The first kappa shape index (κ1) is 32.6. The molecule has 0 spiro atoms. The third-order valence-corrected chi connectivity index (χ3v) is 8.99. The van der Waals surface area contributed by atoms with Crippen molar-refractivity contribution >= 4 is 33.8 Å². The van der Waals surface area contributed by atoms with Gasteiger partial charge < -0.3 is 50.6 Å². The minimum atomic E-state index is -1.43. The minimum absolute atomic E-state index is 0.0409. The number of rotatable bonds is 11. The first-order valence-corrected chi connectivity index (χ1v) is 16.0. The summed E-state index contributed by atoms with van der Waals surface area (Å²) in [7, 11) is 0. The Labute approximate surface area is 279 Å². The number of amides is 1. The summed E-state index contributed by atoms with van der Waals surface area (Å²) >= 11 is 0. The van der Waals surface area contributed by atoms with Crippen molar-refractivity contribution in [2.75, 3.05) is 18.5 Å². The van der Waals surface area contributed by atoms with Gasteiger partial charge in [0, 0.05) is 35.6 Å².